The van der Waals surface area contributed by atoms with Gasteiger partial charge in [-0.3, -0.25) is 0 Å². The molecule has 0 unspecified atom stereocenters. The number of benzene rings is 1. The summed E-state index contributed by atoms with van der Waals surface area (Å²) in [5, 5.41) is 12.9. The number of nitrogens with zero attached hydrogens (tertiary/aromatic N) is 2. The molecular formula is C11H9BrClN3O2. The summed E-state index contributed by atoms with van der Waals surface area (Å²) in [6, 6.07) is 5.13. The van der Waals surface area contributed by atoms with Gasteiger partial charge in [-0.2, -0.15) is 4.98 Å². The van der Waals surface area contributed by atoms with Crippen LogP contribution in [0.4, 0.5) is 11.6 Å². The predicted octanol–water partition coefficient (Wildman–Crippen LogP) is 3.35. The monoisotopic (exact) mass is 329 g/mol. The highest BCUT2D eigenvalue weighted by molar-refractivity contribution is 9.10. The molecule has 0 aliphatic rings. The third-order valence-corrected chi connectivity index (χ3v) is 2.87. The van der Waals surface area contributed by atoms with E-state index in [0.717, 1.165) is 0 Å². The van der Waals surface area contributed by atoms with Crippen LogP contribution >= 0.6 is 27.5 Å². The van der Waals surface area contributed by atoms with Crippen molar-refractivity contribution in [2.75, 3.05) is 12.4 Å². The van der Waals surface area contributed by atoms with E-state index in [1.165, 1.54) is 6.20 Å². The normalized spacial score (nSPS) is 10.2. The number of hydrogen-bond donors (Lipinski definition) is 2. The van der Waals surface area contributed by atoms with E-state index in [1.54, 1.807) is 25.3 Å². The van der Waals surface area contributed by atoms with Crippen LogP contribution in [-0.4, -0.2) is 22.2 Å². The fourth-order valence-electron chi connectivity index (χ4n) is 1.30. The Kier molecular flexibility index (Phi) is 3.88. The summed E-state index contributed by atoms with van der Waals surface area (Å²) in [4.78, 5) is 7.86. The number of anilines is 2. The lowest BCUT2D eigenvalue weighted by molar-refractivity contribution is 0.415. The van der Waals surface area contributed by atoms with Crippen molar-refractivity contribution in [1.29, 1.82) is 0 Å². The van der Waals surface area contributed by atoms with Crippen molar-refractivity contribution < 1.29 is 9.84 Å². The number of ether oxygens (including phenoxy) is 1. The molecule has 0 fully saturated rings. The molecule has 0 atom stereocenters. The van der Waals surface area contributed by atoms with Gasteiger partial charge in [-0.15, -0.1) is 0 Å². The molecule has 5 nitrogen and oxygen atoms in total. The Bertz CT molecular complexity index is 580. The van der Waals surface area contributed by atoms with Crippen molar-refractivity contribution in [3.05, 3.63) is 33.9 Å². The van der Waals surface area contributed by atoms with Crippen LogP contribution in [0.25, 0.3) is 0 Å². The Hall–Kier alpha value is -1.53. The summed E-state index contributed by atoms with van der Waals surface area (Å²) in [6.45, 7) is 0. The van der Waals surface area contributed by atoms with Gasteiger partial charge in [0.05, 0.1) is 17.8 Å². The summed E-state index contributed by atoms with van der Waals surface area (Å²) < 4.78 is 5.52. The van der Waals surface area contributed by atoms with Crippen LogP contribution in [0, 0.1) is 0 Å². The van der Waals surface area contributed by atoms with Crippen LogP contribution in [0.5, 0.6) is 11.6 Å². The van der Waals surface area contributed by atoms with Gasteiger partial charge in [0, 0.05) is 16.8 Å². The van der Waals surface area contributed by atoms with Crippen molar-refractivity contribution in [3.63, 3.8) is 0 Å². The molecule has 94 valence electrons. The molecule has 0 saturated carbocycles. The summed E-state index contributed by atoms with van der Waals surface area (Å²) in [6.07, 6.45) is 1.45. The quantitative estimate of drug-likeness (QED) is 0.903. The highest BCUT2D eigenvalue weighted by Gasteiger charge is 2.05. The number of nitrogens with one attached hydrogen (secondary N) is 1. The van der Waals surface area contributed by atoms with Gasteiger partial charge in [0.2, 0.25) is 11.8 Å². The predicted molar refractivity (Wildman–Crippen MR) is 72.7 cm³/mol. The van der Waals surface area contributed by atoms with Crippen LogP contribution in [0.15, 0.2) is 28.9 Å². The molecule has 1 aromatic heterocycles. The number of aromatic nitrogens is 2. The summed E-state index contributed by atoms with van der Waals surface area (Å²) in [5.74, 6) is 0.743. The third kappa shape index (κ3) is 3.02. The molecule has 0 bridgehead atoms. The topological polar surface area (TPSA) is 67.3 Å². The van der Waals surface area contributed by atoms with E-state index in [-0.39, 0.29) is 11.8 Å². The largest absolute Gasteiger partial charge is 0.497 e. The zero-order valence-electron chi connectivity index (χ0n) is 9.32. The first-order valence-electron chi connectivity index (χ1n) is 4.91. The van der Waals surface area contributed by atoms with Gasteiger partial charge in [0.15, 0.2) is 0 Å². The van der Waals surface area contributed by atoms with Crippen LogP contribution in [-0.2, 0) is 0 Å². The number of aromatic hydroxyl groups is 1. The van der Waals surface area contributed by atoms with Gasteiger partial charge < -0.3 is 15.2 Å². The SMILES string of the molecule is COc1cc(Cl)cc(Nc2ncc(Br)c(O)n2)c1. The van der Waals surface area contributed by atoms with Crippen molar-refractivity contribution in [1.82, 2.24) is 9.97 Å². The third-order valence-electron chi connectivity index (χ3n) is 2.09. The molecule has 0 radical (unpaired) electrons. The first-order valence-corrected chi connectivity index (χ1v) is 6.08. The average molecular weight is 331 g/mol. The Morgan fingerprint density at radius 2 is 2.17 bits per heavy atom. The maximum absolute atomic E-state index is 9.44. The summed E-state index contributed by atoms with van der Waals surface area (Å²) in [7, 11) is 1.55. The van der Waals surface area contributed by atoms with Gasteiger partial charge in [-0.05, 0) is 28.1 Å². The zero-order chi connectivity index (χ0) is 13.1. The lowest BCUT2D eigenvalue weighted by Gasteiger charge is -2.08. The lowest BCUT2D eigenvalue weighted by atomic mass is 10.3. The minimum atomic E-state index is -0.138. The van der Waals surface area contributed by atoms with E-state index in [2.05, 4.69) is 31.2 Å². The molecule has 1 heterocycles. The maximum Gasteiger partial charge on any atom is 0.230 e. The fourth-order valence-corrected chi connectivity index (χ4v) is 1.72. The lowest BCUT2D eigenvalue weighted by Crippen LogP contribution is -1.97. The summed E-state index contributed by atoms with van der Waals surface area (Å²) >= 11 is 9.04. The minimum Gasteiger partial charge on any atom is -0.497 e. The molecule has 0 aliphatic carbocycles. The average Bonchev–Trinajstić information content (AvgIpc) is 2.33. The Morgan fingerprint density at radius 3 is 2.83 bits per heavy atom. The second-order valence-corrected chi connectivity index (χ2v) is 4.66. The number of methoxy groups -OCH3 is 1. The molecular weight excluding hydrogens is 321 g/mol. The highest BCUT2D eigenvalue weighted by atomic mass is 79.9. The minimum absolute atomic E-state index is 0.138. The van der Waals surface area contributed by atoms with Crippen molar-refractivity contribution in [2.45, 2.75) is 0 Å². The van der Waals surface area contributed by atoms with Gasteiger partial charge >= 0.3 is 0 Å². The van der Waals surface area contributed by atoms with Gasteiger partial charge in [0.25, 0.3) is 0 Å². The van der Waals surface area contributed by atoms with E-state index in [9.17, 15) is 5.11 Å². The smallest absolute Gasteiger partial charge is 0.230 e. The molecule has 2 N–H and O–H groups in total. The van der Waals surface area contributed by atoms with E-state index in [1.807, 2.05) is 0 Å². The molecule has 2 aromatic rings. The molecule has 0 amide bonds. The van der Waals surface area contributed by atoms with Crippen LogP contribution in [0.2, 0.25) is 5.02 Å². The molecule has 1 aromatic carbocycles. The van der Waals surface area contributed by atoms with E-state index in [4.69, 9.17) is 16.3 Å². The van der Waals surface area contributed by atoms with Crippen molar-refractivity contribution in [2.24, 2.45) is 0 Å². The number of rotatable bonds is 3. The van der Waals surface area contributed by atoms with Crippen molar-refractivity contribution >= 4 is 39.2 Å². The van der Waals surface area contributed by atoms with Gasteiger partial charge in [0.1, 0.15) is 5.75 Å². The standard InChI is InChI=1S/C11H9BrClN3O2/c1-18-8-3-6(13)2-7(4-8)15-11-14-5-9(12)10(17)16-11/h2-5H,1H3,(H2,14,15,16,17). The van der Waals surface area contributed by atoms with Gasteiger partial charge in [-0.1, -0.05) is 11.6 Å². The number of hydrogen-bond acceptors (Lipinski definition) is 5. The molecule has 18 heavy (non-hydrogen) atoms. The van der Waals surface area contributed by atoms with E-state index in [0.29, 0.717) is 20.9 Å². The Labute approximate surface area is 117 Å². The van der Waals surface area contributed by atoms with Crippen LogP contribution in [0.1, 0.15) is 0 Å². The maximum atomic E-state index is 9.44. The Morgan fingerprint density at radius 1 is 1.39 bits per heavy atom. The molecule has 2 rings (SSSR count). The van der Waals surface area contributed by atoms with Crippen molar-refractivity contribution in [3.8, 4) is 11.6 Å². The summed E-state index contributed by atoms with van der Waals surface area (Å²) in [5.41, 5.74) is 0.668. The second-order valence-electron chi connectivity index (χ2n) is 3.37. The molecule has 7 heteroatoms. The first-order chi connectivity index (χ1) is 8.58. The first kappa shape index (κ1) is 12.9. The van der Waals surface area contributed by atoms with Gasteiger partial charge in [-0.25, -0.2) is 4.98 Å². The van der Waals surface area contributed by atoms with E-state index < -0.39 is 0 Å². The molecule has 0 spiro atoms. The highest BCUT2D eigenvalue weighted by Crippen LogP contribution is 2.27. The Balaban J connectivity index is 2.27. The van der Waals surface area contributed by atoms with Crippen LogP contribution < -0.4 is 10.1 Å². The molecule has 0 aliphatic heterocycles. The van der Waals surface area contributed by atoms with E-state index >= 15 is 0 Å². The number of halogens is 2. The molecule has 0 saturated heterocycles. The van der Waals surface area contributed by atoms with Crippen LogP contribution in [0.3, 0.4) is 0 Å². The fraction of sp³-hybridized carbons (Fsp3) is 0.0909. The second kappa shape index (κ2) is 5.41. The zero-order valence-corrected chi connectivity index (χ0v) is 11.7.